The van der Waals surface area contributed by atoms with Crippen LogP contribution in [0.5, 0.6) is 0 Å². The Hall–Kier alpha value is -3.14. The summed E-state index contributed by atoms with van der Waals surface area (Å²) in [6.45, 7) is 2.47. The maximum Gasteiger partial charge on any atom is 0.326 e. The molecule has 1 aromatic carbocycles. The van der Waals surface area contributed by atoms with Gasteiger partial charge in [0.15, 0.2) is 6.61 Å². The van der Waals surface area contributed by atoms with Gasteiger partial charge >= 0.3 is 5.97 Å². The fourth-order valence-corrected chi connectivity index (χ4v) is 3.49. The first-order valence-electron chi connectivity index (χ1n) is 8.12. The lowest BCUT2D eigenvalue weighted by Crippen LogP contribution is -2.28. The Morgan fingerprint density at radius 1 is 1.25 bits per heavy atom. The second kappa shape index (κ2) is 7.85. The predicted octanol–water partition coefficient (Wildman–Crippen LogP) is 2.53. The summed E-state index contributed by atoms with van der Waals surface area (Å²) >= 11 is 1.38. The van der Waals surface area contributed by atoms with Crippen molar-refractivity contribution >= 4 is 39.1 Å². The van der Waals surface area contributed by atoms with Crippen LogP contribution < -0.4 is 10.9 Å². The lowest BCUT2D eigenvalue weighted by atomic mass is 10.2. The number of rotatable bonds is 5. The Morgan fingerprint density at radius 3 is 2.61 bits per heavy atom. The standard InChI is InChI=1S/C18H15F2N3O4S/c1-9-10(2)28-17-15(9)18(26)23(8-21-17)6-14(25)27-7-13(24)22-16-11(19)4-3-5-12(16)20/h3-5,8H,6-7H2,1-2H3,(H,22,24). The maximum absolute atomic E-state index is 13.5. The molecule has 2 aromatic heterocycles. The van der Waals surface area contributed by atoms with Gasteiger partial charge in [-0.05, 0) is 31.5 Å². The van der Waals surface area contributed by atoms with Gasteiger partial charge in [-0.1, -0.05) is 6.07 Å². The highest BCUT2D eigenvalue weighted by Gasteiger charge is 2.16. The Bertz CT molecular complexity index is 1120. The quantitative estimate of drug-likeness (QED) is 0.657. The van der Waals surface area contributed by atoms with Crippen molar-refractivity contribution in [1.82, 2.24) is 9.55 Å². The van der Waals surface area contributed by atoms with E-state index >= 15 is 0 Å². The molecule has 0 aliphatic carbocycles. The molecule has 1 amide bonds. The number of carbonyl (C=O) groups is 2. The van der Waals surface area contributed by atoms with Crippen molar-refractivity contribution < 1.29 is 23.1 Å². The molecule has 0 radical (unpaired) electrons. The molecule has 0 unspecified atom stereocenters. The number of nitrogens with zero attached hydrogens (tertiary/aromatic N) is 2. The number of benzene rings is 1. The zero-order chi connectivity index (χ0) is 20.4. The van der Waals surface area contributed by atoms with Crippen LogP contribution in [0, 0.1) is 25.5 Å². The molecule has 7 nitrogen and oxygen atoms in total. The van der Waals surface area contributed by atoms with E-state index in [1.54, 1.807) is 6.92 Å². The first kappa shape index (κ1) is 19.6. The predicted molar refractivity (Wildman–Crippen MR) is 99.3 cm³/mol. The molecule has 10 heteroatoms. The molecule has 0 saturated carbocycles. The molecule has 28 heavy (non-hydrogen) atoms. The summed E-state index contributed by atoms with van der Waals surface area (Å²) < 4.78 is 32.9. The van der Waals surface area contributed by atoms with Gasteiger partial charge in [-0.25, -0.2) is 13.8 Å². The third kappa shape index (κ3) is 3.91. The average Bonchev–Trinajstić information content (AvgIpc) is 2.94. The molecular weight excluding hydrogens is 392 g/mol. The maximum atomic E-state index is 13.5. The summed E-state index contributed by atoms with van der Waals surface area (Å²) in [5, 5.41) is 2.43. The van der Waals surface area contributed by atoms with Gasteiger partial charge in [0.2, 0.25) is 0 Å². The summed E-state index contributed by atoms with van der Waals surface area (Å²) in [6.07, 6.45) is 1.23. The smallest absolute Gasteiger partial charge is 0.326 e. The van der Waals surface area contributed by atoms with Gasteiger partial charge in [-0.15, -0.1) is 11.3 Å². The number of nitrogens with one attached hydrogen (secondary N) is 1. The Labute approximate surface area is 161 Å². The van der Waals surface area contributed by atoms with Gasteiger partial charge in [-0.2, -0.15) is 0 Å². The molecule has 2 heterocycles. The number of fused-ring (bicyclic) bond motifs is 1. The van der Waals surface area contributed by atoms with E-state index in [-0.39, 0.29) is 5.56 Å². The highest BCUT2D eigenvalue weighted by Crippen LogP contribution is 2.25. The summed E-state index contributed by atoms with van der Waals surface area (Å²) in [5.41, 5.74) is -0.217. The van der Waals surface area contributed by atoms with Crippen LogP contribution in [0.3, 0.4) is 0 Å². The first-order valence-corrected chi connectivity index (χ1v) is 8.94. The molecule has 146 valence electrons. The number of carbonyl (C=O) groups excluding carboxylic acids is 2. The highest BCUT2D eigenvalue weighted by atomic mass is 32.1. The van der Waals surface area contributed by atoms with Crippen molar-refractivity contribution in [3.05, 3.63) is 57.0 Å². The lowest BCUT2D eigenvalue weighted by molar-refractivity contribution is -0.147. The number of ether oxygens (including phenoxy) is 1. The number of amides is 1. The van der Waals surface area contributed by atoms with E-state index in [9.17, 15) is 23.2 Å². The first-order chi connectivity index (χ1) is 13.3. The van der Waals surface area contributed by atoms with E-state index in [1.165, 1.54) is 17.7 Å². The number of thiophene rings is 1. The van der Waals surface area contributed by atoms with Crippen molar-refractivity contribution in [3.63, 3.8) is 0 Å². The lowest BCUT2D eigenvalue weighted by Gasteiger charge is -2.09. The van der Waals surface area contributed by atoms with Crippen molar-refractivity contribution in [2.75, 3.05) is 11.9 Å². The number of anilines is 1. The molecule has 0 fully saturated rings. The van der Waals surface area contributed by atoms with E-state index in [0.29, 0.717) is 10.2 Å². The van der Waals surface area contributed by atoms with Crippen molar-refractivity contribution in [3.8, 4) is 0 Å². The number of hydrogen-bond acceptors (Lipinski definition) is 6. The summed E-state index contributed by atoms with van der Waals surface area (Å²) in [5.74, 6) is -3.68. The normalized spacial score (nSPS) is 10.9. The number of aromatic nitrogens is 2. The Kier molecular flexibility index (Phi) is 5.50. The highest BCUT2D eigenvalue weighted by molar-refractivity contribution is 7.18. The molecule has 0 aliphatic heterocycles. The fraction of sp³-hybridized carbons (Fsp3) is 0.222. The third-order valence-corrected chi connectivity index (χ3v) is 5.16. The van der Waals surface area contributed by atoms with Crippen LogP contribution in [-0.2, 0) is 20.9 Å². The van der Waals surface area contributed by atoms with Crippen LogP contribution in [0.15, 0.2) is 29.3 Å². The van der Waals surface area contributed by atoms with Gasteiger partial charge in [0.25, 0.3) is 11.5 Å². The number of para-hydroxylation sites is 1. The summed E-state index contributed by atoms with van der Waals surface area (Å²) in [6, 6.07) is 3.11. The Balaban J connectivity index is 1.64. The van der Waals surface area contributed by atoms with E-state index in [0.717, 1.165) is 33.2 Å². The van der Waals surface area contributed by atoms with E-state index in [1.807, 2.05) is 12.2 Å². The van der Waals surface area contributed by atoms with E-state index in [4.69, 9.17) is 4.74 Å². The second-order valence-electron chi connectivity index (χ2n) is 5.95. The molecule has 0 spiro atoms. The minimum Gasteiger partial charge on any atom is -0.454 e. The molecule has 3 aromatic rings. The summed E-state index contributed by atoms with van der Waals surface area (Å²) in [7, 11) is 0. The number of hydrogen-bond donors (Lipinski definition) is 1. The average molecular weight is 407 g/mol. The largest absolute Gasteiger partial charge is 0.454 e. The molecule has 0 atom stereocenters. The molecule has 0 aliphatic rings. The second-order valence-corrected chi connectivity index (χ2v) is 7.15. The van der Waals surface area contributed by atoms with Gasteiger partial charge in [0, 0.05) is 4.88 Å². The zero-order valence-electron chi connectivity index (χ0n) is 14.9. The minimum atomic E-state index is -0.952. The van der Waals surface area contributed by atoms with Gasteiger partial charge in [-0.3, -0.25) is 19.0 Å². The molecule has 3 rings (SSSR count). The SMILES string of the molecule is Cc1sc2ncn(CC(=O)OCC(=O)Nc3c(F)cccc3F)c(=O)c2c1C. The third-order valence-electron chi connectivity index (χ3n) is 4.05. The minimum absolute atomic E-state index is 0.387. The van der Waals surface area contributed by atoms with Crippen LogP contribution >= 0.6 is 11.3 Å². The zero-order valence-corrected chi connectivity index (χ0v) is 15.7. The molecule has 1 N–H and O–H groups in total. The van der Waals surface area contributed by atoms with Crippen molar-refractivity contribution in [2.24, 2.45) is 0 Å². The topological polar surface area (TPSA) is 90.3 Å². The molecular formula is C18H15F2N3O4S. The fourth-order valence-electron chi connectivity index (χ4n) is 2.51. The monoisotopic (exact) mass is 407 g/mol. The van der Waals surface area contributed by atoms with Crippen molar-refractivity contribution in [2.45, 2.75) is 20.4 Å². The van der Waals surface area contributed by atoms with E-state index in [2.05, 4.69) is 4.98 Å². The van der Waals surface area contributed by atoms with Crippen LogP contribution in [0.25, 0.3) is 10.2 Å². The van der Waals surface area contributed by atoms with E-state index < -0.39 is 42.3 Å². The van der Waals surface area contributed by atoms with Gasteiger partial charge in [0.05, 0.1) is 11.7 Å². The number of halogens is 2. The number of aryl methyl sites for hydroxylation is 2. The van der Waals surface area contributed by atoms with Crippen LogP contribution in [0.2, 0.25) is 0 Å². The van der Waals surface area contributed by atoms with Crippen LogP contribution in [-0.4, -0.2) is 28.0 Å². The van der Waals surface area contributed by atoms with Gasteiger partial charge in [0.1, 0.15) is 28.7 Å². The van der Waals surface area contributed by atoms with Crippen molar-refractivity contribution in [1.29, 1.82) is 0 Å². The van der Waals surface area contributed by atoms with Crippen LogP contribution in [0.1, 0.15) is 10.4 Å². The Morgan fingerprint density at radius 2 is 1.93 bits per heavy atom. The summed E-state index contributed by atoms with van der Waals surface area (Å²) in [4.78, 5) is 41.9. The molecule has 0 saturated heterocycles. The van der Waals surface area contributed by atoms with Gasteiger partial charge < -0.3 is 10.1 Å². The van der Waals surface area contributed by atoms with Crippen LogP contribution in [0.4, 0.5) is 14.5 Å². The molecule has 0 bridgehead atoms. The number of esters is 1.